The minimum atomic E-state index is -0.228. The number of nitrogens with one attached hydrogen (secondary N) is 2. The second kappa shape index (κ2) is 9.13. The maximum Gasteiger partial charge on any atom is 0.251 e. The number of anilines is 1. The third kappa shape index (κ3) is 5.41. The highest BCUT2D eigenvalue weighted by atomic mass is 16.1. The Labute approximate surface area is 156 Å². The number of hydrogen-bond acceptors (Lipinski definition) is 4. The molecule has 2 rings (SSSR count). The van der Waals surface area contributed by atoms with Gasteiger partial charge in [0, 0.05) is 28.7 Å². The number of pyridine rings is 1. The summed E-state index contributed by atoms with van der Waals surface area (Å²) in [4.78, 5) is 17.1. The van der Waals surface area contributed by atoms with Crippen molar-refractivity contribution in [3.63, 3.8) is 0 Å². The van der Waals surface area contributed by atoms with E-state index in [1.165, 1.54) is 0 Å². The Kier molecular flexibility index (Phi) is 7.50. The van der Waals surface area contributed by atoms with Gasteiger partial charge in [-0.05, 0) is 42.7 Å². The molecule has 1 heterocycles. The van der Waals surface area contributed by atoms with Gasteiger partial charge < -0.3 is 16.5 Å². The first-order valence-electron chi connectivity index (χ1n) is 8.87. The van der Waals surface area contributed by atoms with Gasteiger partial charge in [0.05, 0.1) is 11.7 Å². The predicted molar refractivity (Wildman–Crippen MR) is 109 cm³/mol. The number of nitrogens with two attached hydrogens (primary N) is 1. The number of carbonyl (C=O) groups is 1. The highest BCUT2D eigenvalue weighted by Gasteiger charge is 2.29. The second-order valence-corrected chi connectivity index (χ2v) is 6.95. The third-order valence-electron chi connectivity index (χ3n) is 3.84. The standard InChI is InChI=1S/C19H24N4O.C2H6/c1-12(20)14-11-13(8-9-15(14)21)18(24)23-17(19(2,3)4)16-7-5-6-10-22-16;1-2/h5-11,17,20H,21H2,1-4H3,(H,23,24);1-2H3. The lowest BCUT2D eigenvalue weighted by molar-refractivity contribution is 0.0899. The van der Waals surface area contributed by atoms with Crippen molar-refractivity contribution in [1.29, 1.82) is 5.41 Å². The van der Waals surface area contributed by atoms with Gasteiger partial charge in [0.1, 0.15) is 0 Å². The third-order valence-corrected chi connectivity index (χ3v) is 3.84. The summed E-state index contributed by atoms with van der Waals surface area (Å²) in [5.74, 6) is -0.205. The average molecular weight is 354 g/mol. The van der Waals surface area contributed by atoms with Crippen LogP contribution in [0.3, 0.4) is 0 Å². The summed E-state index contributed by atoms with van der Waals surface area (Å²) < 4.78 is 0. The number of aromatic nitrogens is 1. The van der Waals surface area contributed by atoms with Gasteiger partial charge in [-0.15, -0.1) is 0 Å². The first-order chi connectivity index (χ1) is 12.2. The van der Waals surface area contributed by atoms with Gasteiger partial charge in [0.25, 0.3) is 5.91 Å². The van der Waals surface area contributed by atoms with Gasteiger partial charge in [-0.2, -0.15) is 0 Å². The summed E-state index contributed by atoms with van der Waals surface area (Å²) in [7, 11) is 0. The molecule has 0 saturated heterocycles. The van der Waals surface area contributed by atoms with Crippen LogP contribution in [0.1, 0.15) is 69.2 Å². The van der Waals surface area contributed by atoms with E-state index in [0.29, 0.717) is 22.5 Å². The molecule has 1 aromatic heterocycles. The fourth-order valence-electron chi connectivity index (χ4n) is 2.52. The first kappa shape index (κ1) is 21.4. The monoisotopic (exact) mass is 354 g/mol. The van der Waals surface area contributed by atoms with E-state index >= 15 is 0 Å². The Morgan fingerprint density at radius 3 is 2.35 bits per heavy atom. The summed E-state index contributed by atoms with van der Waals surface area (Å²) in [6, 6.07) is 10.4. The van der Waals surface area contributed by atoms with Crippen LogP contribution in [0.15, 0.2) is 42.6 Å². The molecule has 2 aromatic rings. The quantitative estimate of drug-likeness (QED) is 0.553. The lowest BCUT2D eigenvalue weighted by Crippen LogP contribution is -2.37. The van der Waals surface area contributed by atoms with Crippen molar-refractivity contribution in [2.24, 2.45) is 5.41 Å². The maximum atomic E-state index is 12.7. The number of nitrogens with zero attached hydrogens (tertiary/aromatic N) is 1. The molecule has 0 aliphatic heterocycles. The van der Waals surface area contributed by atoms with Crippen LogP contribution in [0.5, 0.6) is 0 Å². The number of nitrogen functional groups attached to an aromatic ring is 1. The molecule has 0 radical (unpaired) electrons. The topological polar surface area (TPSA) is 91.9 Å². The van der Waals surface area contributed by atoms with Crippen LogP contribution in [0, 0.1) is 10.8 Å². The fraction of sp³-hybridized carbons (Fsp3) is 0.381. The number of benzene rings is 1. The van der Waals surface area contributed by atoms with Crippen molar-refractivity contribution < 1.29 is 4.79 Å². The molecule has 0 fully saturated rings. The van der Waals surface area contributed by atoms with E-state index in [0.717, 1.165) is 5.69 Å². The average Bonchev–Trinajstić information content (AvgIpc) is 2.61. The molecule has 0 saturated carbocycles. The Bertz CT molecular complexity index is 748. The molecule has 26 heavy (non-hydrogen) atoms. The van der Waals surface area contributed by atoms with E-state index in [1.54, 1.807) is 31.3 Å². The van der Waals surface area contributed by atoms with Gasteiger partial charge in [-0.3, -0.25) is 9.78 Å². The van der Waals surface area contributed by atoms with Crippen LogP contribution in [0.4, 0.5) is 5.69 Å². The highest BCUT2D eigenvalue weighted by Crippen LogP contribution is 2.32. The molecule has 1 atom stereocenters. The lowest BCUT2D eigenvalue weighted by atomic mass is 9.84. The Morgan fingerprint density at radius 1 is 1.19 bits per heavy atom. The largest absolute Gasteiger partial charge is 0.398 e. The summed E-state index contributed by atoms with van der Waals surface area (Å²) in [5.41, 5.74) is 8.38. The number of rotatable bonds is 4. The maximum absolute atomic E-state index is 12.7. The van der Waals surface area contributed by atoms with E-state index in [4.69, 9.17) is 11.1 Å². The van der Waals surface area contributed by atoms with Gasteiger partial charge >= 0.3 is 0 Å². The lowest BCUT2D eigenvalue weighted by Gasteiger charge is -2.31. The van der Waals surface area contributed by atoms with Gasteiger partial charge in [-0.25, -0.2) is 0 Å². The Hall–Kier alpha value is -2.69. The van der Waals surface area contributed by atoms with E-state index < -0.39 is 0 Å². The van der Waals surface area contributed by atoms with Crippen molar-refractivity contribution in [3.05, 3.63) is 59.4 Å². The second-order valence-electron chi connectivity index (χ2n) is 6.95. The number of amides is 1. The highest BCUT2D eigenvalue weighted by molar-refractivity contribution is 6.04. The summed E-state index contributed by atoms with van der Waals surface area (Å²) in [6.45, 7) is 11.8. The van der Waals surface area contributed by atoms with Crippen LogP contribution in [-0.4, -0.2) is 16.6 Å². The zero-order chi connectivity index (χ0) is 19.9. The smallest absolute Gasteiger partial charge is 0.251 e. The van der Waals surface area contributed by atoms with E-state index in [-0.39, 0.29) is 17.4 Å². The normalized spacial score (nSPS) is 11.8. The molecule has 4 N–H and O–H groups in total. The van der Waals surface area contributed by atoms with Crippen LogP contribution < -0.4 is 11.1 Å². The minimum absolute atomic E-state index is 0.196. The molecule has 0 spiro atoms. The molecular weight excluding hydrogens is 324 g/mol. The number of carbonyl (C=O) groups excluding carboxylic acids is 1. The first-order valence-corrected chi connectivity index (χ1v) is 8.87. The molecule has 5 nitrogen and oxygen atoms in total. The van der Waals surface area contributed by atoms with Crippen molar-refractivity contribution in [2.45, 2.75) is 47.6 Å². The SMILES string of the molecule is CC.CC(=N)c1cc(C(=O)NC(c2ccccn2)C(C)(C)C)ccc1N. The minimum Gasteiger partial charge on any atom is -0.398 e. The van der Waals surface area contributed by atoms with Crippen LogP contribution in [0.25, 0.3) is 0 Å². The zero-order valence-corrected chi connectivity index (χ0v) is 16.6. The molecular formula is C21H30N4O. The summed E-state index contributed by atoms with van der Waals surface area (Å²) in [5, 5.41) is 10.8. The molecule has 5 heteroatoms. The molecule has 0 bridgehead atoms. The van der Waals surface area contributed by atoms with E-state index in [9.17, 15) is 4.79 Å². The summed E-state index contributed by atoms with van der Waals surface area (Å²) in [6.07, 6.45) is 1.72. The summed E-state index contributed by atoms with van der Waals surface area (Å²) >= 11 is 0. The van der Waals surface area contributed by atoms with Crippen LogP contribution in [0.2, 0.25) is 0 Å². The van der Waals surface area contributed by atoms with Gasteiger partial charge in [0.15, 0.2) is 0 Å². The predicted octanol–water partition coefficient (Wildman–Crippen LogP) is 4.59. The van der Waals surface area contributed by atoms with Crippen molar-refractivity contribution in [3.8, 4) is 0 Å². The Balaban J connectivity index is 0.00000163. The van der Waals surface area contributed by atoms with Crippen molar-refractivity contribution in [2.75, 3.05) is 5.73 Å². The molecule has 0 aliphatic rings. The van der Waals surface area contributed by atoms with Gasteiger partial charge in [0.2, 0.25) is 0 Å². The van der Waals surface area contributed by atoms with E-state index in [1.807, 2.05) is 32.0 Å². The Morgan fingerprint density at radius 2 is 1.85 bits per heavy atom. The van der Waals surface area contributed by atoms with Crippen LogP contribution >= 0.6 is 0 Å². The number of hydrogen-bond donors (Lipinski definition) is 3. The van der Waals surface area contributed by atoms with Gasteiger partial charge in [-0.1, -0.05) is 40.7 Å². The molecule has 140 valence electrons. The molecule has 0 aliphatic carbocycles. The zero-order valence-electron chi connectivity index (χ0n) is 16.6. The van der Waals surface area contributed by atoms with Crippen LogP contribution in [-0.2, 0) is 0 Å². The fourth-order valence-corrected chi connectivity index (χ4v) is 2.52. The van der Waals surface area contributed by atoms with E-state index in [2.05, 4.69) is 31.1 Å². The molecule has 1 aromatic carbocycles. The van der Waals surface area contributed by atoms with Crippen molar-refractivity contribution in [1.82, 2.24) is 10.3 Å². The van der Waals surface area contributed by atoms with Crippen molar-refractivity contribution >= 4 is 17.3 Å². The molecule has 1 amide bonds. The molecule has 1 unspecified atom stereocenters.